The van der Waals surface area contributed by atoms with Gasteiger partial charge in [-0.15, -0.1) is 0 Å². The van der Waals surface area contributed by atoms with Gasteiger partial charge in [0, 0.05) is 44.0 Å². The third-order valence-electron chi connectivity index (χ3n) is 6.05. The lowest BCUT2D eigenvalue weighted by molar-refractivity contribution is -0.138. The van der Waals surface area contributed by atoms with Crippen molar-refractivity contribution in [3.05, 3.63) is 57.8 Å². The summed E-state index contributed by atoms with van der Waals surface area (Å²) < 4.78 is 83.3. The number of anilines is 1. The Morgan fingerprint density at radius 1 is 0.895 bits per heavy atom. The summed E-state index contributed by atoms with van der Waals surface area (Å²) in [5.41, 5.74) is -2.37. The first kappa shape index (κ1) is 27.3. The minimum absolute atomic E-state index is 0.0233. The normalized spacial score (nSPS) is 14.8. The first-order valence-corrected chi connectivity index (χ1v) is 11.5. The summed E-state index contributed by atoms with van der Waals surface area (Å²) in [5, 5.41) is 5.94. The minimum atomic E-state index is -4.63. The maximum Gasteiger partial charge on any atom is 0.419 e. The number of fused-ring (bicyclic) bond motifs is 1. The molecule has 4 rings (SSSR count). The van der Waals surface area contributed by atoms with Gasteiger partial charge in [-0.3, -0.25) is 9.59 Å². The molecule has 1 saturated heterocycles. The number of amides is 1. The van der Waals surface area contributed by atoms with E-state index in [-0.39, 0.29) is 54.2 Å². The van der Waals surface area contributed by atoms with Crippen LogP contribution in [0.25, 0.3) is 10.8 Å². The lowest BCUT2D eigenvalue weighted by Crippen LogP contribution is -2.49. The summed E-state index contributed by atoms with van der Waals surface area (Å²) in [6.07, 6.45) is -6.32. The predicted octanol–water partition coefficient (Wildman–Crippen LogP) is 3.05. The van der Waals surface area contributed by atoms with Gasteiger partial charge in [0.05, 0.1) is 42.3 Å². The number of nitrogens with zero attached hydrogens (tertiary/aromatic N) is 5. The van der Waals surface area contributed by atoms with E-state index in [9.17, 15) is 35.9 Å². The lowest BCUT2D eigenvalue weighted by Gasteiger charge is -2.34. The van der Waals surface area contributed by atoms with E-state index >= 15 is 0 Å². The van der Waals surface area contributed by atoms with Gasteiger partial charge in [-0.2, -0.15) is 31.4 Å². The Labute approximate surface area is 211 Å². The van der Waals surface area contributed by atoms with Crippen molar-refractivity contribution in [1.82, 2.24) is 25.1 Å². The molecule has 1 aliphatic heterocycles. The summed E-state index contributed by atoms with van der Waals surface area (Å²) in [4.78, 5) is 35.2. The van der Waals surface area contributed by atoms with Crippen molar-refractivity contribution in [1.29, 1.82) is 0 Å². The Hall–Kier alpha value is -3.75. The number of halogens is 6. The molecule has 3 heterocycles. The third-order valence-corrected chi connectivity index (χ3v) is 6.05. The second-order valence-electron chi connectivity index (χ2n) is 8.54. The summed E-state index contributed by atoms with van der Waals surface area (Å²) >= 11 is 0. The van der Waals surface area contributed by atoms with Crippen LogP contribution in [0.2, 0.25) is 0 Å². The summed E-state index contributed by atoms with van der Waals surface area (Å²) in [6.45, 7) is 1.38. The van der Waals surface area contributed by atoms with Gasteiger partial charge >= 0.3 is 12.4 Å². The van der Waals surface area contributed by atoms with E-state index in [1.54, 1.807) is 9.80 Å². The molecule has 1 aromatic carbocycles. The Morgan fingerprint density at radius 3 is 2.18 bits per heavy atom. The number of rotatable bonds is 7. The average Bonchev–Trinajstić information content (AvgIpc) is 2.87. The molecule has 0 spiro atoms. The van der Waals surface area contributed by atoms with Crippen LogP contribution in [0.15, 0.2) is 35.5 Å². The zero-order valence-corrected chi connectivity index (χ0v) is 19.8. The van der Waals surface area contributed by atoms with Gasteiger partial charge in [-0.05, 0) is 24.1 Å². The smallest absolute Gasteiger partial charge is 0.381 e. The van der Waals surface area contributed by atoms with Crippen molar-refractivity contribution in [2.24, 2.45) is 0 Å². The highest BCUT2D eigenvalue weighted by molar-refractivity contribution is 5.85. The van der Waals surface area contributed by atoms with Gasteiger partial charge in [0.2, 0.25) is 11.9 Å². The minimum Gasteiger partial charge on any atom is -0.381 e. The van der Waals surface area contributed by atoms with Crippen molar-refractivity contribution in [2.75, 3.05) is 44.3 Å². The molecule has 204 valence electrons. The molecule has 15 heteroatoms. The van der Waals surface area contributed by atoms with Crippen LogP contribution >= 0.6 is 0 Å². The molecule has 9 nitrogen and oxygen atoms in total. The highest BCUT2D eigenvalue weighted by atomic mass is 19.4. The third kappa shape index (κ3) is 6.38. The van der Waals surface area contributed by atoms with E-state index in [1.165, 1.54) is 6.20 Å². The summed E-state index contributed by atoms with van der Waals surface area (Å²) in [7, 11) is 0. The van der Waals surface area contributed by atoms with Gasteiger partial charge in [0.25, 0.3) is 5.56 Å². The maximum absolute atomic E-state index is 13.3. The topological polar surface area (TPSA) is 104 Å². The molecule has 1 fully saturated rings. The highest BCUT2D eigenvalue weighted by Gasteiger charge is 2.33. The van der Waals surface area contributed by atoms with Crippen LogP contribution in [-0.2, 0) is 28.3 Å². The Bertz CT molecular complexity index is 1330. The number of aromatic amines is 1. The quantitative estimate of drug-likeness (QED) is 0.360. The fraction of sp³-hybridized carbons (Fsp3) is 0.435. The number of carbonyl (C=O) groups excluding carboxylic acids is 1. The molecule has 0 aliphatic carbocycles. The number of hydrogen-bond donors (Lipinski definition) is 1. The first-order valence-electron chi connectivity index (χ1n) is 11.5. The van der Waals surface area contributed by atoms with Gasteiger partial charge < -0.3 is 14.5 Å². The molecule has 0 saturated carbocycles. The largest absolute Gasteiger partial charge is 0.419 e. The number of aromatic nitrogens is 4. The van der Waals surface area contributed by atoms with Gasteiger partial charge in [0.1, 0.15) is 0 Å². The fourth-order valence-corrected chi connectivity index (χ4v) is 4.03. The molecular weight excluding hydrogens is 522 g/mol. The number of hydrogen-bond acceptors (Lipinski definition) is 7. The number of alkyl halides is 6. The van der Waals surface area contributed by atoms with E-state index in [1.807, 2.05) is 0 Å². The standard InChI is InChI=1S/C23H22F6N6O3/c24-22(25,26)15-9-14(18-13-32-33-20(37)17(18)10-15)1-7-38-8-2-19(36)34-3-5-35(6-4-34)21-30-11-16(12-31-21)23(27,28)29/h9-13H,1-8H2,(H,33,37). The second-order valence-corrected chi connectivity index (χ2v) is 8.54. The lowest BCUT2D eigenvalue weighted by atomic mass is 10.0. The Kier molecular flexibility index (Phi) is 7.85. The number of piperazine rings is 1. The Balaban J connectivity index is 1.25. The number of ether oxygens (including phenoxy) is 1. The van der Waals surface area contributed by atoms with Crippen LogP contribution in [0, 0.1) is 0 Å². The van der Waals surface area contributed by atoms with Crippen LogP contribution in [-0.4, -0.2) is 70.4 Å². The molecule has 0 bridgehead atoms. The van der Waals surface area contributed by atoms with E-state index in [0.717, 1.165) is 12.1 Å². The van der Waals surface area contributed by atoms with Gasteiger partial charge in [-0.1, -0.05) is 0 Å². The van der Waals surface area contributed by atoms with E-state index in [2.05, 4.69) is 20.2 Å². The van der Waals surface area contributed by atoms with Crippen molar-refractivity contribution in [2.45, 2.75) is 25.2 Å². The fourth-order valence-electron chi connectivity index (χ4n) is 4.03. The number of nitrogens with one attached hydrogen (secondary N) is 1. The number of H-pyrrole nitrogens is 1. The van der Waals surface area contributed by atoms with Crippen molar-refractivity contribution in [3.8, 4) is 0 Å². The molecule has 0 atom stereocenters. The van der Waals surface area contributed by atoms with Crippen LogP contribution in [0.4, 0.5) is 32.3 Å². The van der Waals surface area contributed by atoms with E-state index < -0.39 is 29.0 Å². The maximum atomic E-state index is 13.3. The van der Waals surface area contributed by atoms with E-state index in [0.29, 0.717) is 38.6 Å². The molecule has 1 aliphatic rings. The molecular formula is C23H22F6N6O3. The van der Waals surface area contributed by atoms with Crippen LogP contribution in [0.5, 0.6) is 0 Å². The molecule has 3 aromatic rings. The van der Waals surface area contributed by atoms with Crippen molar-refractivity contribution < 1.29 is 35.9 Å². The number of benzene rings is 1. The zero-order chi connectivity index (χ0) is 27.5. The molecule has 0 unspecified atom stereocenters. The van der Waals surface area contributed by atoms with E-state index in [4.69, 9.17) is 4.74 Å². The SMILES string of the molecule is O=C(CCOCCc1cc(C(F)(F)F)cc2c(=O)[nH]ncc12)N1CCN(c2ncc(C(F)(F)F)cn2)CC1. The average molecular weight is 544 g/mol. The van der Waals surface area contributed by atoms with Crippen LogP contribution in [0.3, 0.4) is 0 Å². The molecule has 1 N–H and O–H groups in total. The van der Waals surface area contributed by atoms with Gasteiger partial charge in [-0.25, -0.2) is 15.1 Å². The monoisotopic (exact) mass is 544 g/mol. The highest BCUT2D eigenvalue weighted by Crippen LogP contribution is 2.32. The second kappa shape index (κ2) is 10.9. The Morgan fingerprint density at radius 2 is 1.55 bits per heavy atom. The van der Waals surface area contributed by atoms with Crippen LogP contribution < -0.4 is 10.5 Å². The molecule has 0 radical (unpaired) electrons. The predicted molar refractivity (Wildman–Crippen MR) is 122 cm³/mol. The first-order chi connectivity index (χ1) is 17.9. The summed E-state index contributed by atoms with van der Waals surface area (Å²) in [5.74, 6) is -0.0500. The zero-order valence-electron chi connectivity index (χ0n) is 19.8. The molecule has 2 aromatic heterocycles. The van der Waals surface area contributed by atoms with Crippen molar-refractivity contribution in [3.63, 3.8) is 0 Å². The summed E-state index contributed by atoms with van der Waals surface area (Å²) in [6, 6.07) is 1.74. The number of carbonyl (C=O) groups is 1. The van der Waals surface area contributed by atoms with Crippen molar-refractivity contribution >= 4 is 22.6 Å². The van der Waals surface area contributed by atoms with Gasteiger partial charge in [0.15, 0.2) is 0 Å². The molecule has 1 amide bonds. The molecule has 38 heavy (non-hydrogen) atoms. The van der Waals surface area contributed by atoms with Crippen LogP contribution in [0.1, 0.15) is 23.1 Å².